The summed E-state index contributed by atoms with van der Waals surface area (Å²) in [5.41, 5.74) is 5.85. The van der Waals surface area contributed by atoms with Crippen molar-refractivity contribution < 1.29 is 52.5 Å². The molecule has 2 heterocycles. The van der Waals surface area contributed by atoms with Gasteiger partial charge in [0.05, 0.1) is 52.9 Å². The highest BCUT2D eigenvalue weighted by Gasteiger charge is 2.52. The molecule has 2 saturated heterocycles. The number of ether oxygens (including phenoxy) is 10. The second-order valence-electron chi connectivity index (χ2n) is 16.4. The number of aliphatic hydroxyl groups excluding tert-OH is 1. The van der Waals surface area contributed by atoms with Crippen molar-refractivity contribution >= 4 is 0 Å². The van der Waals surface area contributed by atoms with Crippen LogP contribution in [0.15, 0.2) is 182 Å². The molecule has 2 aliphatic heterocycles. The van der Waals surface area contributed by atoms with Gasteiger partial charge in [-0.05, 0) is 33.4 Å². The molecule has 0 aliphatic carbocycles. The van der Waals surface area contributed by atoms with Crippen molar-refractivity contribution in [1.29, 1.82) is 0 Å². The van der Waals surface area contributed by atoms with E-state index in [0.29, 0.717) is 6.61 Å². The molecule has 0 bridgehead atoms. The van der Waals surface area contributed by atoms with Crippen LogP contribution < -0.4 is 0 Å². The Kier molecular flexibility index (Phi) is 18.0. The molecule has 2 aliphatic rings. The fourth-order valence-electron chi connectivity index (χ4n) is 8.29. The first-order chi connectivity index (χ1) is 32.6. The third kappa shape index (κ3) is 13.3. The standard InChI is InChI=1S/C55H60O11/c1-57-54-52(62-37-44-28-16-6-17-29-44)51(61-36-43-26-14-5-15-27-43)49(59-34-41-22-10-3-11-23-41)47(66-54)39-64-55-53(63-38-45-30-18-7-19-31-45)50(60-35-42-24-12-4-13-25-42)48(46(32-56)65-55)58-33-40-20-8-2-9-21-40/h2-31,46-56H,32-39H2,1H3/t46-,47-,48-,49-,50+,51+,52-,53-,54+,55-/m1/s1. The quantitative estimate of drug-likeness (QED) is 0.0668. The van der Waals surface area contributed by atoms with Crippen LogP contribution in [-0.4, -0.2) is 86.8 Å². The predicted molar refractivity (Wildman–Crippen MR) is 247 cm³/mol. The monoisotopic (exact) mass is 896 g/mol. The lowest BCUT2D eigenvalue weighted by Crippen LogP contribution is -2.64. The Hall–Kier alpha value is -5.12. The average molecular weight is 897 g/mol. The molecule has 6 aromatic rings. The normalized spacial score (nSPS) is 25.4. The summed E-state index contributed by atoms with van der Waals surface area (Å²) in [7, 11) is 1.59. The Morgan fingerprint density at radius 1 is 0.333 bits per heavy atom. The van der Waals surface area contributed by atoms with E-state index in [1.165, 1.54) is 0 Å². The topological polar surface area (TPSA) is 113 Å². The van der Waals surface area contributed by atoms with Crippen molar-refractivity contribution in [1.82, 2.24) is 0 Å². The molecular formula is C55H60O11. The molecule has 0 unspecified atom stereocenters. The van der Waals surface area contributed by atoms with E-state index in [4.69, 9.17) is 47.4 Å². The maximum Gasteiger partial charge on any atom is 0.187 e. The third-order valence-corrected chi connectivity index (χ3v) is 11.7. The summed E-state index contributed by atoms with van der Waals surface area (Å²) in [6.07, 6.45) is -7.87. The van der Waals surface area contributed by atoms with Crippen LogP contribution >= 0.6 is 0 Å². The van der Waals surface area contributed by atoms with Gasteiger partial charge < -0.3 is 52.5 Å². The van der Waals surface area contributed by atoms with Gasteiger partial charge in [0, 0.05) is 7.11 Å². The van der Waals surface area contributed by atoms with Gasteiger partial charge in [0.2, 0.25) is 0 Å². The summed E-state index contributed by atoms with van der Waals surface area (Å²) in [5.74, 6) is 0. The Labute approximate surface area is 388 Å². The van der Waals surface area contributed by atoms with Crippen LogP contribution in [0.2, 0.25) is 0 Å². The fraction of sp³-hybridized carbons (Fsp3) is 0.345. The van der Waals surface area contributed by atoms with Crippen molar-refractivity contribution in [2.75, 3.05) is 20.3 Å². The molecule has 0 spiro atoms. The van der Waals surface area contributed by atoms with Gasteiger partial charge in [-0.25, -0.2) is 0 Å². The van der Waals surface area contributed by atoms with Crippen LogP contribution in [0.1, 0.15) is 33.4 Å². The maximum atomic E-state index is 11.0. The lowest BCUT2D eigenvalue weighted by Gasteiger charge is -2.47. The minimum absolute atomic E-state index is 0.0368. The summed E-state index contributed by atoms with van der Waals surface area (Å²) in [5, 5.41) is 11.0. The van der Waals surface area contributed by atoms with E-state index in [2.05, 4.69) is 0 Å². The number of rotatable bonds is 23. The van der Waals surface area contributed by atoms with Crippen molar-refractivity contribution in [3.63, 3.8) is 0 Å². The van der Waals surface area contributed by atoms with Gasteiger partial charge in [0.1, 0.15) is 48.8 Å². The first kappa shape index (κ1) is 47.4. The van der Waals surface area contributed by atoms with Crippen LogP contribution in [0.25, 0.3) is 0 Å². The maximum absolute atomic E-state index is 11.0. The first-order valence-electron chi connectivity index (χ1n) is 22.6. The molecule has 0 amide bonds. The molecule has 8 rings (SSSR count). The van der Waals surface area contributed by atoms with E-state index in [1.807, 2.05) is 182 Å². The molecule has 0 aromatic heterocycles. The van der Waals surface area contributed by atoms with Crippen LogP contribution in [0.5, 0.6) is 0 Å². The van der Waals surface area contributed by atoms with Crippen molar-refractivity contribution in [2.45, 2.75) is 101 Å². The highest BCUT2D eigenvalue weighted by atomic mass is 16.7. The molecular weight excluding hydrogens is 837 g/mol. The van der Waals surface area contributed by atoms with Gasteiger partial charge in [-0.2, -0.15) is 0 Å². The lowest BCUT2D eigenvalue weighted by molar-refractivity contribution is -0.350. The second kappa shape index (κ2) is 25.1. The highest BCUT2D eigenvalue weighted by molar-refractivity contribution is 5.18. The molecule has 11 nitrogen and oxygen atoms in total. The molecule has 0 radical (unpaired) electrons. The zero-order valence-corrected chi connectivity index (χ0v) is 37.3. The summed E-state index contributed by atoms with van der Waals surface area (Å²) >= 11 is 0. The Morgan fingerprint density at radius 2 is 0.606 bits per heavy atom. The zero-order valence-electron chi connectivity index (χ0n) is 37.3. The average Bonchev–Trinajstić information content (AvgIpc) is 3.38. The summed E-state index contributed by atoms with van der Waals surface area (Å²) in [4.78, 5) is 0. The van der Waals surface area contributed by atoms with E-state index < -0.39 is 61.4 Å². The van der Waals surface area contributed by atoms with Gasteiger partial charge in [0.15, 0.2) is 12.6 Å². The Balaban J connectivity index is 1.10. The number of hydrogen-bond acceptors (Lipinski definition) is 11. The molecule has 2 fully saturated rings. The summed E-state index contributed by atoms with van der Waals surface area (Å²) in [6, 6.07) is 59.6. The lowest BCUT2D eigenvalue weighted by atomic mass is 9.97. The Bertz CT molecular complexity index is 2060. The van der Waals surface area contributed by atoms with Gasteiger partial charge in [-0.15, -0.1) is 0 Å². The fourth-order valence-corrected chi connectivity index (χ4v) is 8.29. The van der Waals surface area contributed by atoms with Crippen LogP contribution in [-0.2, 0) is 87.0 Å². The van der Waals surface area contributed by atoms with Crippen LogP contribution in [0.4, 0.5) is 0 Å². The van der Waals surface area contributed by atoms with Gasteiger partial charge >= 0.3 is 0 Å². The van der Waals surface area contributed by atoms with E-state index in [0.717, 1.165) is 33.4 Å². The van der Waals surface area contributed by atoms with Crippen molar-refractivity contribution in [3.05, 3.63) is 215 Å². The highest BCUT2D eigenvalue weighted by Crippen LogP contribution is 2.35. The molecule has 10 atom stereocenters. The molecule has 66 heavy (non-hydrogen) atoms. The van der Waals surface area contributed by atoms with Crippen molar-refractivity contribution in [3.8, 4) is 0 Å². The zero-order chi connectivity index (χ0) is 45.2. The van der Waals surface area contributed by atoms with Gasteiger partial charge in [-0.3, -0.25) is 0 Å². The number of aliphatic hydroxyl groups is 1. The first-order valence-corrected chi connectivity index (χ1v) is 22.6. The summed E-state index contributed by atoms with van der Waals surface area (Å²) in [6.45, 7) is 1.21. The molecule has 6 aromatic carbocycles. The van der Waals surface area contributed by atoms with E-state index in [1.54, 1.807) is 7.11 Å². The molecule has 0 saturated carbocycles. The summed E-state index contributed by atoms with van der Waals surface area (Å²) < 4.78 is 67.0. The van der Waals surface area contributed by atoms with Crippen LogP contribution in [0.3, 0.4) is 0 Å². The predicted octanol–water partition coefficient (Wildman–Crippen LogP) is 8.60. The van der Waals surface area contributed by atoms with Crippen molar-refractivity contribution in [2.24, 2.45) is 0 Å². The van der Waals surface area contributed by atoms with E-state index in [-0.39, 0.29) is 46.2 Å². The van der Waals surface area contributed by atoms with Gasteiger partial charge in [0.25, 0.3) is 0 Å². The SMILES string of the molecule is CO[C@H]1O[C@H](CO[C@@H]2O[C@H](CO)[C@@H](OCc3ccccc3)[C@H](OCc3ccccc3)[C@H]2OCc2ccccc2)[C@@H](OCc2ccccc2)[C@H](OCc2ccccc2)[C@H]1OCc1ccccc1. The number of benzene rings is 6. The molecule has 1 N–H and O–H groups in total. The van der Waals surface area contributed by atoms with E-state index >= 15 is 0 Å². The molecule has 346 valence electrons. The largest absolute Gasteiger partial charge is 0.394 e. The van der Waals surface area contributed by atoms with E-state index in [9.17, 15) is 5.11 Å². The molecule has 11 heteroatoms. The second-order valence-corrected chi connectivity index (χ2v) is 16.4. The minimum Gasteiger partial charge on any atom is -0.394 e. The van der Waals surface area contributed by atoms with Gasteiger partial charge in [-0.1, -0.05) is 182 Å². The number of hydrogen-bond donors (Lipinski definition) is 1. The smallest absolute Gasteiger partial charge is 0.187 e. The van der Waals surface area contributed by atoms with Crippen LogP contribution in [0, 0.1) is 0 Å². The Morgan fingerprint density at radius 3 is 0.924 bits per heavy atom. The minimum atomic E-state index is -1.04. The third-order valence-electron chi connectivity index (χ3n) is 11.7. The number of methoxy groups -OCH3 is 1.